The fourth-order valence-electron chi connectivity index (χ4n) is 0.838. The molecule has 0 aliphatic carbocycles. The van der Waals surface area contributed by atoms with Crippen molar-refractivity contribution >= 4 is 21.7 Å². The SMILES string of the molecule is COC#CCc1cc(N)ncc1Br. The Morgan fingerprint density at radius 3 is 3.15 bits per heavy atom. The number of methoxy groups -OCH3 is 1. The van der Waals surface area contributed by atoms with Crippen molar-refractivity contribution in [3.63, 3.8) is 0 Å². The Bertz CT molecular complexity index is 354. The van der Waals surface area contributed by atoms with E-state index in [0.29, 0.717) is 12.2 Å². The van der Waals surface area contributed by atoms with E-state index in [1.54, 1.807) is 12.3 Å². The van der Waals surface area contributed by atoms with Gasteiger partial charge in [0.2, 0.25) is 0 Å². The van der Waals surface area contributed by atoms with Crippen LogP contribution in [0.5, 0.6) is 0 Å². The molecule has 4 heteroatoms. The Morgan fingerprint density at radius 1 is 1.69 bits per heavy atom. The summed E-state index contributed by atoms with van der Waals surface area (Å²) in [6.07, 6.45) is 4.78. The van der Waals surface area contributed by atoms with Crippen molar-refractivity contribution < 1.29 is 4.74 Å². The number of nitrogen functional groups attached to an aromatic ring is 1. The number of nitrogens with two attached hydrogens (primary N) is 1. The topological polar surface area (TPSA) is 48.1 Å². The summed E-state index contributed by atoms with van der Waals surface area (Å²) in [5.74, 6) is 3.33. The van der Waals surface area contributed by atoms with Crippen LogP contribution in [-0.4, -0.2) is 12.1 Å². The van der Waals surface area contributed by atoms with Crippen LogP contribution in [0.15, 0.2) is 16.7 Å². The molecule has 0 fully saturated rings. The maximum atomic E-state index is 5.52. The van der Waals surface area contributed by atoms with E-state index in [1.165, 1.54) is 7.11 Å². The molecule has 13 heavy (non-hydrogen) atoms. The van der Waals surface area contributed by atoms with Gasteiger partial charge in [-0.25, -0.2) is 4.98 Å². The Hall–Kier alpha value is -1.21. The molecule has 3 nitrogen and oxygen atoms in total. The van der Waals surface area contributed by atoms with Crippen LogP contribution < -0.4 is 5.73 Å². The van der Waals surface area contributed by atoms with E-state index >= 15 is 0 Å². The first-order valence-corrected chi connectivity index (χ1v) is 4.44. The van der Waals surface area contributed by atoms with Crippen LogP contribution in [0, 0.1) is 12.0 Å². The summed E-state index contributed by atoms with van der Waals surface area (Å²) >= 11 is 3.36. The van der Waals surface area contributed by atoms with Crippen LogP contribution in [-0.2, 0) is 11.2 Å². The molecule has 0 spiro atoms. The Balaban J connectivity index is 2.81. The van der Waals surface area contributed by atoms with Gasteiger partial charge in [0.15, 0.2) is 0 Å². The predicted octanol–water partition coefficient (Wildman–Crippen LogP) is 1.58. The molecule has 0 radical (unpaired) electrons. The predicted molar refractivity (Wildman–Crippen MR) is 54.8 cm³/mol. The molecule has 0 unspecified atom stereocenters. The third-order valence-corrected chi connectivity index (χ3v) is 2.12. The van der Waals surface area contributed by atoms with E-state index in [2.05, 4.69) is 37.7 Å². The fraction of sp³-hybridized carbons (Fsp3) is 0.222. The normalized spacial score (nSPS) is 8.77. The number of pyridine rings is 1. The van der Waals surface area contributed by atoms with E-state index in [4.69, 9.17) is 5.73 Å². The second-order valence-corrected chi connectivity index (χ2v) is 3.21. The first kappa shape index (κ1) is 9.87. The molecule has 0 saturated carbocycles. The molecule has 0 aromatic carbocycles. The molecule has 0 amide bonds. The zero-order valence-corrected chi connectivity index (χ0v) is 8.76. The third kappa shape index (κ3) is 2.96. The van der Waals surface area contributed by atoms with Crippen LogP contribution in [0.1, 0.15) is 5.56 Å². The fourth-order valence-corrected chi connectivity index (χ4v) is 1.19. The molecule has 0 aliphatic rings. The highest BCUT2D eigenvalue weighted by molar-refractivity contribution is 9.10. The number of hydrogen-bond acceptors (Lipinski definition) is 3. The molecule has 1 aromatic heterocycles. The number of halogens is 1. The molecule has 0 bridgehead atoms. The zero-order valence-electron chi connectivity index (χ0n) is 7.17. The van der Waals surface area contributed by atoms with Crippen LogP contribution >= 0.6 is 15.9 Å². The number of aromatic nitrogens is 1. The quantitative estimate of drug-likeness (QED) is 0.759. The van der Waals surface area contributed by atoms with Gasteiger partial charge in [-0.2, -0.15) is 0 Å². The highest BCUT2D eigenvalue weighted by Crippen LogP contribution is 2.17. The van der Waals surface area contributed by atoms with Crippen LogP contribution in [0.4, 0.5) is 5.82 Å². The van der Waals surface area contributed by atoms with E-state index in [-0.39, 0.29) is 0 Å². The van der Waals surface area contributed by atoms with E-state index in [9.17, 15) is 0 Å². The maximum Gasteiger partial charge on any atom is 0.123 e. The first-order valence-electron chi connectivity index (χ1n) is 3.64. The number of hydrogen-bond donors (Lipinski definition) is 1. The summed E-state index contributed by atoms with van der Waals surface area (Å²) in [5.41, 5.74) is 6.53. The minimum Gasteiger partial charge on any atom is -0.450 e. The van der Waals surface area contributed by atoms with Crippen molar-refractivity contribution in [1.82, 2.24) is 4.98 Å². The van der Waals surface area contributed by atoms with E-state index < -0.39 is 0 Å². The van der Waals surface area contributed by atoms with Crippen molar-refractivity contribution in [2.45, 2.75) is 6.42 Å². The van der Waals surface area contributed by atoms with Gasteiger partial charge in [0.25, 0.3) is 0 Å². The molecule has 1 aromatic rings. The van der Waals surface area contributed by atoms with Gasteiger partial charge in [-0.05, 0) is 27.6 Å². The lowest BCUT2D eigenvalue weighted by Gasteiger charge is -1.99. The number of ether oxygens (including phenoxy) is 1. The molecule has 0 atom stereocenters. The van der Waals surface area contributed by atoms with Crippen LogP contribution in [0.3, 0.4) is 0 Å². The Kier molecular flexibility index (Phi) is 3.59. The minimum atomic E-state index is 0.498. The molecular weight excluding hydrogens is 232 g/mol. The second-order valence-electron chi connectivity index (χ2n) is 2.36. The summed E-state index contributed by atoms with van der Waals surface area (Å²) in [6, 6.07) is 1.79. The van der Waals surface area contributed by atoms with Crippen LogP contribution in [0.25, 0.3) is 0 Å². The Labute approximate surface area is 85.4 Å². The van der Waals surface area contributed by atoms with E-state index in [0.717, 1.165) is 10.0 Å². The van der Waals surface area contributed by atoms with Crippen molar-refractivity contribution in [3.05, 3.63) is 22.3 Å². The summed E-state index contributed by atoms with van der Waals surface area (Å²) < 4.78 is 5.52. The average molecular weight is 241 g/mol. The van der Waals surface area contributed by atoms with Crippen LogP contribution in [0.2, 0.25) is 0 Å². The molecule has 68 valence electrons. The lowest BCUT2D eigenvalue weighted by Crippen LogP contribution is -1.93. The maximum absolute atomic E-state index is 5.52. The van der Waals surface area contributed by atoms with Gasteiger partial charge in [-0.1, -0.05) is 5.92 Å². The molecule has 0 saturated heterocycles. The Morgan fingerprint density at radius 2 is 2.46 bits per heavy atom. The molecular formula is C9H9BrN2O. The van der Waals surface area contributed by atoms with Gasteiger partial charge in [-0.15, -0.1) is 0 Å². The largest absolute Gasteiger partial charge is 0.450 e. The first-order chi connectivity index (χ1) is 6.24. The summed E-state index contributed by atoms with van der Waals surface area (Å²) in [4.78, 5) is 3.92. The smallest absolute Gasteiger partial charge is 0.123 e. The van der Waals surface area contributed by atoms with Gasteiger partial charge in [0, 0.05) is 17.1 Å². The monoisotopic (exact) mass is 240 g/mol. The molecule has 1 heterocycles. The van der Waals surface area contributed by atoms with Crippen molar-refractivity contribution in [1.29, 1.82) is 0 Å². The van der Waals surface area contributed by atoms with Crippen molar-refractivity contribution in [2.24, 2.45) is 0 Å². The van der Waals surface area contributed by atoms with Gasteiger partial charge in [0.05, 0.1) is 7.11 Å². The van der Waals surface area contributed by atoms with Gasteiger partial charge < -0.3 is 10.5 Å². The number of rotatable bonds is 1. The molecule has 2 N–H and O–H groups in total. The summed E-state index contributed by atoms with van der Waals surface area (Å²) in [5, 5.41) is 0. The number of anilines is 1. The van der Waals surface area contributed by atoms with Gasteiger partial charge in [0.1, 0.15) is 11.9 Å². The standard InChI is InChI=1S/C9H9BrN2O/c1-13-4-2-3-7-5-9(11)12-6-8(7)10/h5-6H,3H2,1H3,(H2,11,12). The van der Waals surface area contributed by atoms with E-state index in [1.807, 2.05) is 0 Å². The van der Waals surface area contributed by atoms with Crippen molar-refractivity contribution in [2.75, 3.05) is 12.8 Å². The molecule has 1 rings (SSSR count). The van der Waals surface area contributed by atoms with Crippen molar-refractivity contribution in [3.8, 4) is 12.0 Å². The van der Waals surface area contributed by atoms with Gasteiger partial charge >= 0.3 is 0 Å². The highest BCUT2D eigenvalue weighted by Gasteiger charge is 1.98. The molecule has 0 aliphatic heterocycles. The highest BCUT2D eigenvalue weighted by atomic mass is 79.9. The lowest BCUT2D eigenvalue weighted by molar-refractivity contribution is 0.372. The lowest BCUT2D eigenvalue weighted by atomic mass is 10.2. The summed E-state index contributed by atoms with van der Waals surface area (Å²) in [6.45, 7) is 0. The van der Waals surface area contributed by atoms with Gasteiger partial charge in [-0.3, -0.25) is 0 Å². The second kappa shape index (κ2) is 4.73. The summed E-state index contributed by atoms with van der Waals surface area (Å²) in [7, 11) is 1.53. The zero-order chi connectivity index (χ0) is 9.68. The minimum absolute atomic E-state index is 0.498. The number of nitrogens with zero attached hydrogens (tertiary/aromatic N) is 1. The average Bonchev–Trinajstić information content (AvgIpc) is 2.11. The third-order valence-electron chi connectivity index (χ3n) is 1.41.